The highest BCUT2D eigenvalue weighted by atomic mass is 16.5. The molecule has 1 aromatic heterocycles. The molecule has 0 saturated carbocycles. The third-order valence-corrected chi connectivity index (χ3v) is 5.07. The summed E-state index contributed by atoms with van der Waals surface area (Å²) < 4.78 is 6.86. The minimum absolute atomic E-state index is 0.00840. The van der Waals surface area contributed by atoms with Crippen molar-refractivity contribution in [2.75, 3.05) is 12.4 Å². The van der Waals surface area contributed by atoms with Gasteiger partial charge in [-0.05, 0) is 71.5 Å². The molecule has 0 radical (unpaired) electrons. The van der Waals surface area contributed by atoms with Crippen molar-refractivity contribution < 1.29 is 9.53 Å². The molecule has 5 heteroatoms. The number of benzene rings is 2. The van der Waals surface area contributed by atoms with E-state index in [1.54, 1.807) is 18.7 Å². The van der Waals surface area contributed by atoms with Gasteiger partial charge >= 0.3 is 0 Å². The molecule has 1 N–H and O–H groups in total. The van der Waals surface area contributed by atoms with Crippen molar-refractivity contribution in [3.63, 3.8) is 0 Å². The number of nitrogens with one attached hydrogen (secondary N) is 1. The van der Waals surface area contributed by atoms with Crippen molar-refractivity contribution in [3.05, 3.63) is 94.4 Å². The summed E-state index contributed by atoms with van der Waals surface area (Å²) in [6.45, 7) is 5.48. The van der Waals surface area contributed by atoms with Crippen molar-refractivity contribution in [3.8, 4) is 16.9 Å². The summed E-state index contributed by atoms with van der Waals surface area (Å²) in [6, 6.07) is 15.7. The first-order chi connectivity index (χ1) is 14.4. The predicted octanol–water partition coefficient (Wildman–Crippen LogP) is 4.34. The number of amides is 1. The van der Waals surface area contributed by atoms with Crippen LogP contribution in [0.3, 0.4) is 0 Å². The molecule has 30 heavy (non-hydrogen) atoms. The minimum Gasteiger partial charge on any atom is -0.497 e. The van der Waals surface area contributed by atoms with Crippen molar-refractivity contribution >= 4 is 11.6 Å². The van der Waals surface area contributed by atoms with Gasteiger partial charge in [0.05, 0.1) is 7.11 Å². The fraction of sp³-hybridized carbons (Fsp3) is 0.200. The molecule has 5 nitrogen and oxygen atoms in total. The van der Waals surface area contributed by atoms with Crippen molar-refractivity contribution in [2.45, 2.75) is 19.8 Å². The number of aromatic nitrogens is 1. The first-order valence-electron chi connectivity index (χ1n) is 9.84. The van der Waals surface area contributed by atoms with E-state index in [4.69, 9.17) is 4.74 Å². The molecule has 1 amide bonds. The van der Waals surface area contributed by atoms with Gasteiger partial charge in [0.15, 0.2) is 0 Å². The van der Waals surface area contributed by atoms with Gasteiger partial charge in [-0.3, -0.25) is 9.59 Å². The number of methoxy groups -OCH3 is 1. The van der Waals surface area contributed by atoms with E-state index < -0.39 is 0 Å². The maximum Gasteiger partial charge on any atom is 0.253 e. The average molecular weight is 402 g/mol. The summed E-state index contributed by atoms with van der Waals surface area (Å²) in [6.07, 6.45) is 4.44. The van der Waals surface area contributed by atoms with Crippen LogP contribution in [0.1, 0.15) is 23.6 Å². The first kappa shape index (κ1) is 21.1. The quantitative estimate of drug-likeness (QED) is 0.598. The second kappa shape index (κ2) is 9.27. The largest absolute Gasteiger partial charge is 0.497 e. The lowest BCUT2D eigenvalue weighted by Gasteiger charge is -2.15. The summed E-state index contributed by atoms with van der Waals surface area (Å²) in [4.78, 5) is 24.1. The van der Waals surface area contributed by atoms with E-state index in [1.807, 2.05) is 61.7 Å². The Hall–Kier alpha value is -3.60. The number of hydrogen-bond donors (Lipinski definition) is 1. The van der Waals surface area contributed by atoms with Gasteiger partial charge < -0.3 is 14.6 Å². The molecule has 0 aliphatic heterocycles. The minimum atomic E-state index is -0.265. The van der Waals surface area contributed by atoms with Crippen LogP contribution in [-0.4, -0.2) is 17.6 Å². The van der Waals surface area contributed by atoms with Crippen LogP contribution < -0.4 is 15.6 Å². The number of pyridine rings is 1. The fourth-order valence-corrected chi connectivity index (χ4v) is 3.41. The zero-order valence-electron chi connectivity index (χ0n) is 17.6. The lowest BCUT2D eigenvalue weighted by atomic mass is 9.94. The molecule has 0 aliphatic rings. The highest BCUT2D eigenvalue weighted by Gasteiger charge is 2.12. The lowest BCUT2D eigenvalue weighted by Crippen LogP contribution is -2.20. The Morgan fingerprint density at radius 3 is 2.50 bits per heavy atom. The number of anilines is 1. The fourth-order valence-electron chi connectivity index (χ4n) is 3.41. The Kier molecular flexibility index (Phi) is 6.52. The van der Waals surface area contributed by atoms with Gasteiger partial charge in [0.2, 0.25) is 5.91 Å². The van der Waals surface area contributed by atoms with Crippen LogP contribution >= 0.6 is 0 Å². The van der Waals surface area contributed by atoms with Crippen LogP contribution in [0.4, 0.5) is 5.69 Å². The number of ether oxygens (including phenoxy) is 1. The predicted molar refractivity (Wildman–Crippen MR) is 121 cm³/mol. The molecule has 0 bridgehead atoms. The Balaban J connectivity index is 2.09. The molecule has 0 aliphatic carbocycles. The Morgan fingerprint density at radius 1 is 1.13 bits per heavy atom. The molecule has 154 valence electrons. The zero-order chi connectivity index (χ0) is 21.7. The molecule has 3 rings (SSSR count). The van der Waals surface area contributed by atoms with Gasteiger partial charge in [-0.2, -0.15) is 0 Å². The van der Waals surface area contributed by atoms with E-state index in [1.165, 1.54) is 6.08 Å². The Morgan fingerprint density at radius 2 is 1.87 bits per heavy atom. The van der Waals surface area contributed by atoms with Gasteiger partial charge in [0.1, 0.15) is 5.75 Å². The molecule has 0 spiro atoms. The first-order valence-corrected chi connectivity index (χ1v) is 9.84. The summed E-state index contributed by atoms with van der Waals surface area (Å²) in [5, 5.41) is 2.82. The molecule has 3 aromatic rings. The van der Waals surface area contributed by atoms with E-state index in [0.717, 1.165) is 33.6 Å². The summed E-state index contributed by atoms with van der Waals surface area (Å²) in [5.41, 5.74) is 5.59. The molecule has 0 fully saturated rings. The number of hydrogen-bond acceptors (Lipinski definition) is 3. The monoisotopic (exact) mass is 402 g/mol. The smallest absolute Gasteiger partial charge is 0.253 e. The SMILES string of the molecule is C=CC(=O)Nc1ccc(Cc2ccc(OC)cc2)c(-c2cc(CC)c(=O)n(C)c2)c1. The highest BCUT2D eigenvalue weighted by molar-refractivity contribution is 5.99. The Bertz CT molecular complexity index is 1130. The van der Waals surface area contributed by atoms with Crippen LogP contribution in [0.25, 0.3) is 11.1 Å². The molecule has 2 aromatic carbocycles. The normalized spacial score (nSPS) is 10.5. The Labute approximate surface area is 176 Å². The molecular formula is C25H26N2O3. The molecule has 0 atom stereocenters. The molecule has 0 saturated heterocycles. The summed E-state index contributed by atoms with van der Waals surface area (Å²) >= 11 is 0. The van der Waals surface area contributed by atoms with Crippen LogP contribution in [0.2, 0.25) is 0 Å². The zero-order valence-corrected chi connectivity index (χ0v) is 17.6. The van der Waals surface area contributed by atoms with Crippen molar-refractivity contribution in [2.24, 2.45) is 7.05 Å². The van der Waals surface area contributed by atoms with Crippen LogP contribution in [0.15, 0.2) is 72.2 Å². The molecular weight excluding hydrogens is 376 g/mol. The molecule has 0 unspecified atom stereocenters. The second-order valence-corrected chi connectivity index (χ2v) is 7.11. The third-order valence-electron chi connectivity index (χ3n) is 5.07. The van der Waals surface area contributed by atoms with E-state index in [9.17, 15) is 9.59 Å². The number of rotatable bonds is 7. The maximum absolute atomic E-state index is 12.4. The second-order valence-electron chi connectivity index (χ2n) is 7.11. The van der Waals surface area contributed by atoms with E-state index in [2.05, 4.69) is 11.9 Å². The van der Waals surface area contributed by atoms with Gasteiger partial charge in [0.25, 0.3) is 5.56 Å². The van der Waals surface area contributed by atoms with Crippen LogP contribution in [0, 0.1) is 0 Å². The van der Waals surface area contributed by atoms with Gasteiger partial charge in [-0.15, -0.1) is 0 Å². The van der Waals surface area contributed by atoms with E-state index >= 15 is 0 Å². The number of nitrogens with zero attached hydrogens (tertiary/aromatic N) is 1. The summed E-state index contributed by atoms with van der Waals surface area (Å²) in [5.74, 6) is 0.547. The highest BCUT2D eigenvalue weighted by Crippen LogP contribution is 2.29. The maximum atomic E-state index is 12.4. The third kappa shape index (κ3) is 4.69. The topological polar surface area (TPSA) is 60.3 Å². The van der Waals surface area contributed by atoms with Gasteiger partial charge in [-0.25, -0.2) is 0 Å². The number of carbonyl (C=O) groups excluding carboxylic acids is 1. The van der Waals surface area contributed by atoms with Crippen LogP contribution in [-0.2, 0) is 24.7 Å². The number of aryl methyl sites for hydroxylation is 2. The lowest BCUT2D eigenvalue weighted by molar-refractivity contribution is -0.111. The van der Waals surface area contributed by atoms with E-state index in [0.29, 0.717) is 18.5 Å². The molecule has 1 heterocycles. The van der Waals surface area contributed by atoms with Crippen molar-refractivity contribution in [1.29, 1.82) is 0 Å². The average Bonchev–Trinajstić information content (AvgIpc) is 2.77. The van der Waals surface area contributed by atoms with Gasteiger partial charge in [0, 0.05) is 24.5 Å². The number of carbonyl (C=O) groups is 1. The van der Waals surface area contributed by atoms with Crippen molar-refractivity contribution in [1.82, 2.24) is 4.57 Å². The summed E-state index contributed by atoms with van der Waals surface area (Å²) in [7, 11) is 3.41. The standard InChI is InChI=1S/C25H26N2O3/c1-5-18-14-20(16-27(3)25(18)29)23-15-21(26-24(28)6-2)10-9-19(23)13-17-7-11-22(30-4)12-8-17/h6-12,14-16H,2,5,13H2,1,3-4H3,(H,26,28). The van der Waals surface area contributed by atoms with Crippen LogP contribution in [0.5, 0.6) is 5.75 Å². The van der Waals surface area contributed by atoms with Gasteiger partial charge in [-0.1, -0.05) is 31.7 Å². The van der Waals surface area contributed by atoms with E-state index in [-0.39, 0.29) is 11.5 Å².